The van der Waals surface area contributed by atoms with Gasteiger partial charge in [0, 0.05) is 11.5 Å². The van der Waals surface area contributed by atoms with Crippen molar-refractivity contribution in [2.75, 3.05) is 6.61 Å². The largest absolute Gasteiger partial charge is 0.493 e. The van der Waals surface area contributed by atoms with Gasteiger partial charge in [-0.1, -0.05) is 0 Å². The molecule has 0 amide bonds. The van der Waals surface area contributed by atoms with Crippen molar-refractivity contribution in [3.8, 4) is 5.75 Å². The minimum atomic E-state index is -0.960. The average molecular weight is 300 g/mol. The molecular weight excluding hydrogens is 284 g/mol. The Hall–Kier alpha value is -2.63. The summed E-state index contributed by atoms with van der Waals surface area (Å²) in [5.74, 6) is 0.511. The van der Waals surface area contributed by atoms with Gasteiger partial charge in [-0.3, -0.25) is 4.79 Å². The zero-order valence-corrected chi connectivity index (χ0v) is 12.1. The zero-order chi connectivity index (χ0) is 15.7. The molecule has 0 aliphatic heterocycles. The second kappa shape index (κ2) is 5.63. The number of fused-ring (bicyclic) bond motifs is 1. The first-order chi connectivity index (χ1) is 10.5. The fraction of sp³-hybridized carbons (Fsp3) is 0.312. The van der Waals surface area contributed by atoms with E-state index in [9.17, 15) is 9.59 Å². The molecule has 2 N–H and O–H groups in total. The van der Waals surface area contributed by atoms with Crippen molar-refractivity contribution >= 4 is 5.97 Å². The summed E-state index contributed by atoms with van der Waals surface area (Å²) in [6.45, 7) is 2.25. The van der Waals surface area contributed by atoms with E-state index in [0.29, 0.717) is 24.6 Å². The maximum Gasteiger partial charge on any atom is 0.335 e. The van der Waals surface area contributed by atoms with Gasteiger partial charge in [0.05, 0.1) is 17.9 Å². The van der Waals surface area contributed by atoms with Crippen LogP contribution >= 0.6 is 0 Å². The lowest BCUT2D eigenvalue weighted by Gasteiger charge is -2.11. The Morgan fingerprint density at radius 2 is 2.09 bits per heavy atom. The van der Waals surface area contributed by atoms with Crippen LogP contribution in [0.5, 0.6) is 5.75 Å². The molecule has 0 fully saturated rings. The molecule has 22 heavy (non-hydrogen) atoms. The number of aromatic amines is 1. The lowest BCUT2D eigenvalue weighted by Crippen LogP contribution is -2.16. The summed E-state index contributed by atoms with van der Waals surface area (Å²) in [5, 5.41) is 8.85. The number of rotatable bonds is 4. The zero-order valence-electron chi connectivity index (χ0n) is 12.1. The summed E-state index contributed by atoms with van der Waals surface area (Å²) >= 11 is 0. The van der Waals surface area contributed by atoms with Crippen LogP contribution in [0.15, 0.2) is 29.1 Å². The molecule has 0 spiro atoms. The van der Waals surface area contributed by atoms with Gasteiger partial charge < -0.3 is 14.8 Å². The van der Waals surface area contributed by atoms with Crippen LogP contribution in [-0.2, 0) is 12.8 Å². The molecule has 1 aromatic heterocycles. The van der Waals surface area contributed by atoms with Crippen LogP contribution in [-0.4, -0.2) is 27.7 Å². The molecule has 1 aliphatic carbocycles. The van der Waals surface area contributed by atoms with Crippen LogP contribution in [0.25, 0.3) is 0 Å². The predicted molar refractivity (Wildman–Crippen MR) is 79.4 cm³/mol. The van der Waals surface area contributed by atoms with Crippen molar-refractivity contribution in [3.63, 3.8) is 0 Å². The normalized spacial score (nSPS) is 16.3. The maximum absolute atomic E-state index is 11.9. The van der Waals surface area contributed by atoms with Crippen molar-refractivity contribution in [3.05, 3.63) is 57.3 Å². The van der Waals surface area contributed by atoms with Crippen LogP contribution in [0.1, 0.15) is 27.4 Å². The summed E-state index contributed by atoms with van der Waals surface area (Å²) in [6, 6.07) is 6.30. The summed E-state index contributed by atoms with van der Waals surface area (Å²) in [7, 11) is 0. The van der Waals surface area contributed by atoms with Crippen molar-refractivity contribution in [1.82, 2.24) is 9.97 Å². The van der Waals surface area contributed by atoms with Gasteiger partial charge in [-0.25, -0.2) is 9.78 Å². The van der Waals surface area contributed by atoms with E-state index in [-0.39, 0.29) is 17.0 Å². The predicted octanol–water partition coefficient (Wildman–Crippen LogP) is 1.57. The number of carboxylic acid groups (broad SMARTS) is 1. The summed E-state index contributed by atoms with van der Waals surface area (Å²) in [6.07, 6.45) is 1.39. The van der Waals surface area contributed by atoms with E-state index in [1.54, 1.807) is 19.1 Å². The fourth-order valence-electron chi connectivity index (χ4n) is 2.71. The first-order valence-corrected chi connectivity index (χ1v) is 7.08. The molecule has 2 aromatic rings. The van der Waals surface area contributed by atoms with Crippen molar-refractivity contribution in [1.29, 1.82) is 0 Å². The lowest BCUT2D eigenvalue weighted by atomic mass is 10.1. The van der Waals surface area contributed by atoms with Gasteiger partial charge in [-0.15, -0.1) is 0 Å². The number of H-pyrrole nitrogens is 1. The number of hydrogen-bond donors (Lipinski definition) is 2. The molecule has 3 rings (SSSR count). The highest BCUT2D eigenvalue weighted by molar-refractivity contribution is 5.87. The highest BCUT2D eigenvalue weighted by Gasteiger charge is 2.26. The number of aromatic carboxylic acids is 1. The van der Waals surface area contributed by atoms with E-state index in [1.165, 1.54) is 12.1 Å². The number of aromatic nitrogens is 2. The molecule has 0 radical (unpaired) electrons. The summed E-state index contributed by atoms with van der Waals surface area (Å²) in [5.41, 5.74) is 1.78. The second-order valence-electron chi connectivity index (χ2n) is 5.49. The Kier molecular flexibility index (Phi) is 3.66. The molecule has 0 saturated carbocycles. The van der Waals surface area contributed by atoms with E-state index in [4.69, 9.17) is 9.84 Å². The quantitative estimate of drug-likeness (QED) is 0.894. The summed E-state index contributed by atoms with van der Waals surface area (Å²) in [4.78, 5) is 29.7. The molecule has 0 bridgehead atoms. The van der Waals surface area contributed by atoms with Crippen molar-refractivity contribution in [2.24, 2.45) is 5.92 Å². The third-order valence-corrected chi connectivity index (χ3v) is 3.78. The lowest BCUT2D eigenvalue weighted by molar-refractivity contribution is 0.0697. The molecule has 0 saturated heterocycles. The third-order valence-electron chi connectivity index (χ3n) is 3.78. The Morgan fingerprint density at radius 3 is 2.77 bits per heavy atom. The molecular formula is C16H16N2O4. The van der Waals surface area contributed by atoms with Crippen LogP contribution < -0.4 is 10.3 Å². The number of benzene rings is 1. The van der Waals surface area contributed by atoms with Crippen LogP contribution in [0.2, 0.25) is 0 Å². The van der Waals surface area contributed by atoms with Gasteiger partial charge in [-0.05, 0) is 44.0 Å². The van der Waals surface area contributed by atoms with Crippen molar-refractivity contribution < 1.29 is 14.6 Å². The average Bonchev–Trinajstić information content (AvgIpc) is 2.89. The maximum atomic E-state index is 11.9. The number of carboxylic acids is 1. The van der Waals surface area contributed by atoms with E-state index in [0.717, 1.165) is 17.7 Å². The Labute approximate surface area is 126 Å². The van der Waals surface area contributed by atoms with E-state index >= 15 is 0 Å². The summed E-state index contributed by atoms with van der Waals surface area (Å²) < 4.78 is 5.69. The highest BCUT2D eigenvalue weighted by atomic mass is 16.5. The van der Waals surface area contributed by atoms with Crippen LogP contribution in [0.3, 0.4) is 0 Å². The monoisotopic (exact) mass is 300 g/mol. The topological polar surface area (TPSA) is 92.3 Å². The first kappa shape index (κ1) is 14.3. The fourth-order valence-corrected chi connectivity index (χ4v) is 2.71. The van der Waals surface area contributed by atoms with Gasteiger partial charge in [0.1, 0.15) is 11.6 Å². The number of carbonyl (C=O) groups is 1. The smallest absolute Gasteiger partial charge is 0.335 e. The molecule has 1 aliphatic rings. The minimum Gasteiger partial charge on any atom is -0.493 e. The second-order valence-corrected chi connectivity index (χ2v) is 5.49. The van der Waals surface area contributed by atoms with Gasteiger partial charge in [0.25, 0.3) is 5.56 Å². The van der Waals surface area contributed by atoms with E-state index in [2.05, 4.69) is 9.97 Å². The SMILES string of the molecule is Cc1nc2c(c(=O)[nH]1)CC(COc1ccc(C(=O)O)cc1)C2. The molecule has 1 heterocycles. The Morgan fingerprint density at radius 1 is 1.36 bits per heavy atom. The molecule has 1 aromatic carbocycles. The molecule has 1 unspecified atom stereocenters. The highest BCUT2D eigenvalue weighted by Crippen LogP contribution is 2.23. The van der Waals surface area contributed by atoms with E-state index in [1.807, 2.05) is 0 Å². The molecule has 1 atom stereocenters. The third kappa shape index (κ3) is 2.86. The minimum absolute atomic E-state index is 0.0594. The van der Waals surface area contributed by atoms with Crippen molar-refractivity contribution in [2.45, 2.75) is 19.8 Å². The van der Waals surface area contributed by atoms with Gasteiger partial charge in [0.2, 0.25) is 0 Å². The number of nitrogens with zero attached hydrogens (tertiary/aromatic N) is 1. The molecule has 114 valence electrons. The van der Waals surface area contributed by atoms with Crippen LogP contribution in [0.4, 0.5) is 0 Å². The van der Waals surface area contributed by atoms with Gasteiger partial charge >= 0.3 is 5.97 Å². The number of ether oxygens (including phenoxy) is 1. The number of nitrogens with one attached hydrogen (secondary N) is 1. The number of hydrogen-bond acceptors (Lipinski definition) is 4. The standard InChI is InChI=1S/C16H16N2O4/c1-9-17-14-7-10(6-13(14)15(19)18-9)8-22-12-4-2-11(3-5-12)16(20)21/h2-5,10H,6-8H2,1H3,(H,20,21)(H,17,18,19). The Balaban J connectivity index is 1.63. The van der Waals surface area contributed by atoms with Crippen LogP contribution in [0, 0.1) is 12.8 Å². The first-order valence-electron chi connectivity index (χ1n) is 7.08. The number of aryl methyl sites for hydroxylation is 1. The Bertz CT molecular complexity index is 765. The molecule has 6 heteroatoms. The van der Waals surface area contributed by atoms with Gasteiger partial charge in [0.15, 0.2) is 0 Å². The molecule has 6 nitrogen and oxygen atoms in total. The van der Waals surface area contributed by atoms with E-state index < -0.39 is 5.97 Å². The van der Waals surface area contributed by atoms with Gasteiger partial charge in [-0.2, -0.15) is 0 Å².